The third kappa shape index (κ3) is 2.46. The lowest BCUT2D eigenvalue weighted by atomic mass is 10.4. The molecule has 0 spiro atoms. The van der Waals surface area contributed by atoms with Crippen molar-refractivity contribution in [1.29, 1.82) is 0 Å². The second-order valence-corrected chi connectivity index (χ2v) is 5.90. The average molecular weight is 332 g/mol. The van der Waals surface area contributed by atoms with E-state index >= 15 is 0 Å². The molecule has 2 heterocycles. The summed E-state index contributed by atoms with van der Waals surface area (Å²) in [4.78, 5) is 3.85. The van der Waals surface area contributed by atoms with Crippen molar-refractivity contribution >= 4 is 37.5 Å². The molecule has 0 atom stereocenters. The number of rotatable bonds is 3. The molecule has 0 bridgehead atoms. The van der Waals surface area contributed by atoms with E-state index in [1.165, 1.54) is 10.9 Å². The molecule has 3 N–H and O–H groups in total. The maximum atomic E-state index is 12.1. The molecule has 0 radical (unpaired) electrons. The van der Waals surface area contributed by atoms with Crippen LogP contribution < -0.4 is 10.5 Å². The number of sulfonamides is 1. The number of anilines is 2. The number of halogens is 1. The minimum Gasteiger partial charge on any atom is -0.381 e. The monoisotopic (exact) mass is 331 g/mol. The van der Waals surface area contributed by atoms with Gasteiger partial charge in [-0.25, -0.2) is 13.4 Å². The van der Waals surface area contributed by atoms with Gasteiger partial charge >= 0.3 is 0 Å². The summed E-state index contributed by atoms with van der Waals surface area (Å²) in [5.41, 5.74) is 5.87. The summed E-state index contributed by atoms with van der Waals surface area (Å²) in [5.74, 6) is -0.0509. The highest BCUT2D eigenvalue weighted by Gasteiger charge is 2.21. The number of nitrogens with two attached hydrogens (primary N) is 1. The van der Waals surface area contributed by atoms with Crippen LogP contribution in [0.5, 0.6) is 0 Å². The van der Waals surface area contributed by atoms with Crippen molar-refractivity contribution in [2.24, 2.45) is 7.05 Å². The predicted molar refractivity (Wildman–Crippen MR) is 70.4 cm³/mol. The third-order valence-corrected chi connectivity index (χ3v) is 4.13. The zero-order chi connectivity index (χ0) is 13.3. The number of hydrogen-bond donors (Lipinski definition) is 2. The van der Waals surface area contributed by atoms with Crippen molar-refractivity contribution < 1.29 is 8.42 Å². The Morgan fingerprint density at radius 2 is 2.22 bits per heavy atom. The molecule has 18 heavy (non-hydrogen) atoms. The summed E-state index contributed by atoms with van der Waals surface area (Å²) in [6, 6.07) is 3.20. The van der Waals surface area contributed by atoms with Crippen molar-refractivity contribution in [1.82, 2.24) is 14.8 Å². The molecule has 0 aromatic carbocycles. The summed E-state index contributed by atoms with van der Waals surface area (Å²) in [5, 5.41) is 3.79. The van der Waals surface area contributed by atoms with Crippen molar-refractivity contribution in [2.45, 2.75) is 4.90 Å². The molecular formula is C9H10BrN5O2S. The van der Waals surface area contributed by atoms with Gasteiger partial charge in [0.2, 0.25) is 0 Å². The Morgan fingerprint density at radius 3 is 2.78 bits per heavy atom. The standard InChI is InChI=1S/C9H10BrN5O2S/c1-15-5-7(9(11)13-15)18(16,17)14-6-3-2-4-12-8(6)10/h2-5,14H,1H3,(H2,11,13). The zero-order valence-corrected chi connectivity index (χ0v) is 11.7. The summed E-state index contributed by atoms with van der Waals surface area (Å²) in [6.07, 6.45) is 2.88. The molecule has 2 aromatic rings. The first-order valence-corrected chi connectivity index (χ1v) is 7.10. The Balaban J connectivity index is 2.40. The topological polar surface area (TPSA) is 103 Å². The molecule has 0 saturated carbocycles. The van der Waals surface area contributed by atoms with Gasteiger partial charge in [0.1, 0.15) is 9.50 Å². The van der Waals surface area contributed by atoms with Crippen LogP contribution >= 0.6 is 15.9 Å². The second-order valence-electron chi connectivity index (χ2n) is 3.50. The molecular weight excluding hydrogens is 322 g/mol. The summed E-state index contributed by atoms with van der Waals surface area (Å²) >= 11 is 3.16. The number of nitrogens with zero attached hydrogens (tertiary/aromatic N) is 3. The molecule has 96 valence electrons. The summed E-state index contributed by atoms with van der Waals surface area (Å²) in [7, 11) is -2.18. The van der Waals surface area contributed by atoms with Gasteiger partial charge < -0.3 is 5.73 Å². The highest BCUT2D eigenvalue weighted by Crippen LogP contribution is 2.24. The Morgan fingerprint density at radius 1 is 1.50 bits per heavy atom. The molecule has 0 fully saturated rings. The fourth-order valence-electron chi connectivity index (χ4n) is 1.35. The van der Waals surface area contributed by atoms with Gasteiger partial charge in [0, 0.05) is 19.4 Å². The van der Waals surface area contributed by atoms with Gasteiger partial charge in [0.15, 0.2) is 5.82 Å². The van der Waals surface area contributed by atoms with Crippen LogP contribution in [0.3, 0.4) is 0 Å². The van der Waals surface area contributed by atoms with E-state index < -0.39 is 10.0 Å². The first-order valence-electron chi connectivity index (χ1n) is 4.82. The molecule has 9 heteroatoms. The van der Waals surface area contributed by atoms with Crippen LogP contribution in [-0.4, -0.2) is 23.2 Å². The van der Waals surface area contributed by atoms with Crippen LogP contribution in [0.4, 0.5) is 11.5 Å². The van der Waals surface area contributed by atoms with Gasteiger partial charge in [-0.15, -0.1) is 0 Å². The summed E-state index contributed by atoms with van der Waals surface area (Å²) < 4.78 is 28.3. The normalized spacial score (nSPS) is 11.4. The largest absolute Gasteiger partial charge is 0.381 e. The molecule has 2 aromatic heterocycles. The van der Waals surface area contributed by atoms with E-state index in [9.17, 15) is 8.42 Å². The third-order valence-electron chi connectivity index (χ3n) is 2.11. The minimum absolute atomic E-state index is 0.0509. The van der Waals surface area contributed by atoms with Crippen LogP contribution in [0, 0.1) is 0 Å². The van der Waals surface area contributed by atoms with Crippen molar-refractivity contribution in [3.63, 3.8) is 0 Å². The first-order chi connectivity index (χ1) is 8.40. The maximum absolute atomic E-state index is 12.1. The predicted octanol–water partition coefficient (Wildman–Crippen LogP) is 0.961. The second kappa shape index (κ2) is 4.58. The molecule has 0 aliphatic heterocycles. The van der Waals surface area contributed by atoms with E-state index in [-0.39, 0.29) is 10.7 Å². The Hall–Kier alpha value is -1.61. The molecule has 0 amide bonds. The molecule has 0 aliphatic carbocycles. The molecule has 0 aliphatic rings. The lowest BCUT2D eigenvalue weighted by Crippen LogP contribution is -2.14. The van der Waals surface area contributed by atoms with Gasteiger partial charge in [-0.3, -0.25) is 9.40 Å². The Kier molecular flexibility index (Phi) is 3.26. The number of hydrogen-bond acceptors (Lipinski definition) is 5. The maximum Gasteiger partial charge on any atom is 0.267 e. The first kappa shape index (κ1) is 12.8. The molecule has 2 rings (SSSR count). The molecule has 7 nitrogen and oxygen atoms in total. The van der Waals surface area contributed by atoms with Crippen LogP contribution in [0.25, 0.3) is 0 Å². The fraction of sp³-hybridized carbons (Fsp3) is 0.111. The highest BCUT2D eigenvalue weighted by atomic mass is 79.9. The van der Waals surface area contributed by atoms with Crippen molar-refractivity contribution in [3.05, 3.63) is 29.1 Å². The van der Waals surface area contributed by atoms with Crippen LogP contribution in [0.1, 0.15) is 0 Å². The highest BCUT2D eigenvalue weighted by molar-refractivity contribution is 9.10. The van der Waals surface area contributed by atoms with E-state index in [4.69, 9.17) is 5.73 Å². The number of aromatic nitrogens is 3. The Bertz CT molecular complexity index is 682. The van der Waals surface area contributed by atoms with Crippen LogP contribution in [-0.2, 0) is 17.1 Å². The quantitative estimate of drug-likeness (QED) is 0.815. The lowest BCUT2D eigenvalue weighted by Gasteiger charge is -2.07. The average Bonchev–Trinajstić information content (AvgIpc) is 2.62. The minimum atomic E-state index is -3.77. The van der Waals surface area contributed by atoms with Gasteiger partial charge in [0.05, 0.1) is 5.69 Å². The smallest absolute Gasteiger partial charge is 0.267 e. The number of nitrogens with one attached hydrogen (secondary N) is 1. The van der Waals surface area contributed by atoms with E-state index in [1.807, 2.05) is 0 Å². The lowest BCUT2D eigenvalue weighted by molar-refractivity contribution is 0.601. The van der Waals surface area contributed by atoms with Gasteiger partial charge in [-0.2, -0.15) is 5.10 Å². The SMILES string of the molecule is Cn1cc(S(=O)(=O)Nc2cccnc2Br)c(N)n1. The van der Waals surface area contributed by atoms with Crippen molar-refractivity contribution in [2.75, 3.05) is 10.5 Å². The van der Waals surface area contributed by atoms with E-state index in [0.717, 1.165) is 0 Å². The van der Waals surface area contributed by atoms with Crippen LogP contribution in [0.15, 0.2) is 34.0 Å². The number of aryl methyl sites for hydroxylation is 1. The van der Waals surface area contributed by atoms with Gasteiger partial charge in [-0.1, -0.05) is 0 Å². The summed E-state index contributed by atoms with van der Waals surface area (Å²) in [6.45, 7) is 0. The van der Waals surface area contributed by atoms with Crippen LogP contribution in [0.2, 0.25) is 0 Å². The van der Waals surface area contributed by atoms with Gasteiger partial charge in [0.25, 0.3) is 10.0 Å². The van der Waals surface area contributed by atoms with Gasteiger partial charge in [-0.05, 0) is 28.1 Å². The van der Waals surface area contributed by atoms with E-state index in [1.54, 1.807) is 25.4 Å². The number of pyridine rings is 1. The van der Waals surface area contributed by atoms with E-state index in [2.05, 4.69) is 30.7 Å². The van der Waals surface area contributed by atoms with E-state index in [0.29, 0.717) is 10.3 Å². The fourth-order valence-corrected chi connectivity index (χ4v) is 3.01. The Labute approximate surface area is 112 Å². The molecule has 0 saturated heterocycles. The number of nitrogen functional groups attached to an aromatic ring is 1. The molecule has 0 unspecified atom stereocenters. The van der Waals surface area contributed by atoms with Crippen molar-refractivity contribution in [3.8, 4) is 0 Å². The zero-order valence-electron chi connectivity index (χ0n) is 9.33.